The van der Waals surface area contributed by atoms with Crippen LogP contribution in [0.25, 0.3) is 0 Å². The van der Waals surface area contributed by atoms with Crippen LogP contribution >= 0.6 is 0 Å². The van der Waals surface area contributed by atoms with E-state index in [9.17, 15) is 13.2 Å². The van der Waals surface area contributed by atoms with E-state index in [0.29, 0.717) is 17.5 Å². The second-order valence-electron chi connectivity index (χ2n) is 6.18. The smallest absolute Gasteiger partial charge is 0.312 e. The van der Waals surface area contributed by atoms with Crippen molar-refractivity contribution in [3.05, 3.63) is 35.4 Å². The quantitative estimate of drug-likeness (QED) is 0.899. The van der Waals surface area contributed by atoms with Crippen molar-refractivity contribution in [3.8, 4) is 0 Å². The third-order valence-electron chi connectivity index (χ3n) is 4.89. The van der Waals surface area contributed by atoms with Gasteiger partial charge in [-0.15, -0.1) is 0 Å². The molecule has 2 aliphatic heterocycles. The average molecular weight is 298 g/mol. The van der Waals surface area contributed by atoms with E-state index < -0.39 is 11.7 Å². The van der Waals surface area contributed by atoms with E-state index in [1.807, 2.05) is 6.92 Å². The molecule has 3 rings (SSSR count). The van der Waals surface area contributed by atoms with Crippen molar-refractivity contribution in [3.63, 3.8) is 0 Å². The fourth-order valence-corrected chi connectivity index (χ4v) is 3.71. The highest BCUT2D eigenvalue weighted by molar-refractivity contribution is 5.32. The summed E-state index contributed by atoms with van der Waals surface area (Å²) in [6, 6.07) is 6.21. The minimum atomic E-state index is -4.28. The van der Waals surface area contributed by atoms with Crippen LogP contribution in [0.5, 0.6) is 0 Å². The normalized spacial score (nSPS) is 28.4. The summed E-state index contributed by atoms with van der Waals surface area (Å²) in [5, 5.41) is 3.50. The van der Waals surface area contributed by atoms with Gasteiger partial charge in [0.1, 0.15) is 0 Å². The average Bonchev–Trinajstić information content (AvgIpc) is 2.89. The lowest BCUT2D eigenvalue weighted by atomic mass is 9.94. The number of benzene rings is 1. The Morgan fingerprint density at radius 1 is 1.24 bits per heavy atom. The molecule has 116 valence electrons. The molecule has 0 aromatic heterocycles. The van der Waals surface area contributed by atoms with Crippen molar-refractivity contribution in [2.24, 2.45) is 5.92 Å². The highest BCUT2D eigenvalue weighted by Gasteiger charge is 2.39. The van der Waals surface area contributed by atoms with Crippen LogP contribution in [0.1, 0.15) is 36.9 Å². The predicted octanol–water partition coefficient (Wildman–Crippen LogP) is 3.45. The molecule has 0 amide bonds. The van der Waals surface area contributed by atoms with Crippen molar-refractivity contribution in [2.45, 2.75) is 38.0 Å². The maximum Gasteiger partial charge on any atom is 0.416 e. The molecule has 1 aromatic rings. The molecule has 1 N–H and O–H groups in total. The fraction of sp³-hybridized carbons (Fsp3) is 0.625. The molecular formula is C16H21F3N2. The van der Waals surface area contributed by atoms with Crippen LogP contribution in [0.15, 0.2) is 24.3 Å². The molecule has 5 heteroatoms. The third-order valence-corrected chi connectivity index (χ3v) is 4.89. The zero-order chi connectivity index (χ0) is 15.0. The topological polar surface area (TPSA) is 15.3 Å². The number of halogens is 3. The summed E-state index contributed by atoms with van der Waals surface area (Å²) in [6.45, 7) is 4.66. The number of piperidine rings is 1. The Hall–Kier alpha value is -1.07. The molecule has 0 aliphatic carbocycles. The van der Waals surface area contributed by atoms with E-state index in [2.05, 4.69) is 10.2 Å². The number of hydrogen-bond donors (Lipinski definition) is 1. The molecule has 2 nitrogen and oxygen atoms in total. The van der Waals surface area contributed by atoms with E-state index in [1.165, 1.54) is 25.0 Å². The van der Waals surface area contributed by atoms with Crippen molar-refractivity contribution in [1.82, 2.24) is 10.2 Å². The van der Waals surface area contributed by atoms with Gasteiger partial charge in [0, 0.05) is 25.2 Å². The molecule has 0 spiro atoms. The molecule has 0 saturated carbocycles. The molecule has 3 unspecified atom stereocenters. The molecule has 2 aliphatic rings. The van der Waals surface area contributed by atoms with Gasteiger partial charge in [-0.2, -0.15) is 13.2 Å². The number of nitrogens with zero attached hydrogens (tertiary/aromatic N) is 1. The molecule has 2 fully saturated rings. The predicted molar refractivity (Wildman–Crippen MR) is 75.9 cm³/mol. The molecule has 1 aromatic carbocycles. The van der Waals surface area contributed by atoms with Crippen LogP contribution in [0.2, 0.25) is 0 Å². The van der Waals surface area contributed by atoms with Gasteiger partial charge in [-0.3, -0.25) is 4.90 Å². The van der Waals surface area contributed by atoms with Gasteiger partial charge < -0.3 is 5.32 Å². The second-order valence-corrected chi connectivity index (χ2v) is 6.18. The van der Waals surface area contributed by atoms with E-state index in [-0.39, 0.29) is 6.04 Å². The molecular weight excluding hydrogens is 277 g/mol. The summed E-state index contributed by atoms with van der Waals surface area (Å²) in [5.74, 6) is 0.583. The Kier molecular flexibility index (Phi) is 3.97. The van der Waals surface area contributed by atoms with Gasteiger partial charge in [-0.05, 0) is 43.9 Å². The standard InChI is InChI=1S/C16H21F3N2/c1-11(13-6-2-3-7-14(13)16(17,18)19)21-9-12-5-4-8-20-15(12)10-21/h2-3,6-7,11-12,15,20H,4-5,8-10H2,1H3. The fourth-order valence-electron chi connectivity index (χ4n) is 3.71. The first-order chi connectivity index (χ1) is 9.97. The number of alkyl halides is 3. The highest BCUT2D eigenvalue weighted by atomic mass is 19.4. The maximum atomic E-state index is 13.2. The van der Waals surface area contributed by atoms with Gasteiger partial charge in [0.25, 0.3) is 0 Å². The number of hydrogen-bond acceptors (Lipinski definition) is 2. The van der Waals surface area contributed by atoms with E-state index in [1.54, 1.807) is 12.1 Å². The summed E-state index contributed by atoms with van der Waals surface area (Å²) >= 11 is 0. The SMILES string of the molecule is CC(c1ccccc1C(F)(F)F)N1CC2CCCNC2C1. The number of fused-ring (bicyclic) bond motifs is 1. The van der Waals surface area contributed by atoms with Crippen molar-refractivity contribution in [2.75, 3.05) is 19.6 Å². The van der Waals surface area contributed by atoms with Gasteiger partial charge in [0.05, 0.1) is 5.56 Å². The largest absolute Gasteiger partial charge is 0.416 e. The minimum Gasteiger partial charge on any atom is -0.312 e. The maximum absolute atomic E-state index is 13.2. The van der Waals surface area contributed by atoms with Gasteiger partial charge >= 0.3 is 6.18 Å². The highest BCUT2D eigenvalue weighted by Crippen LogP contribution is 2.38. The summed E-state index contributed by atoms with van der Waals surface area (Å²) in [6.07, 6.45) is -1.93. The van der Waals surface area contributed by atoms with Crippen molar-refractivity contribution >= 4 is 0 Å². The van der Waals surface area contributed by atoms with Gasteiger partial charge in [0.2, 0.25) is 0 Å². The van der Waals surface area contributed by atoms with Crippen molar-refractivity contribution < 1.29 is 13.2 Å². The lowest BCUT2D eigenvalue weighted by Gasteiger charge is -2.27. The number of rotatable bonds is 2. The summed E-state index contributed by atoms with van der Waals surface area (Å²) < 4.78 is 39.5. The van der Waals surface area contributed by atoms with E-state index in [4.69, 9.17) is 0 Å². The number of nitrogens with one attached hydrogen (secondary N) is 1. The first-order valence-corrected chi connectivity index (χ1v) is 7.60. The first kappa shape index (κ1) is 14.9. The van der Waals surface area contributed by atoms with Crippen LogP contribution in [0.4, 0.5) is 13.2 Å². The molecule has 0 radical (unpaired) electrons. The van der Waals surface area contributed by atoms with Gasteiger partial charge in [-0.25, -0.2) is 0 Å². The lowest BCUT2D eigenvalue weighted by molar-refractivity contribution is -0.138. The molecule has 0 bridgehead atoms. The van der Waals surface area contributed by atoms with Crippen LogP contribution in [0.3, 0.4) is 0 Å². The zero-order valence-electron chi connectivity index (χ0n) is 12.2. The summed E-state index contributed by atoms with van der Waals surface area (Å²) in [7, 11) is 0. The van der Waals surface area contributed by atoms with Crippen LogP contribution in [-0.4, -0.2) is 30.6 Å². The monoisotopic (exact) mass is 298 g/mol. The Balaban J connectivity index is 1.81. The molecule has 21 heavy (non-hydrogen) atoms. The first-order valence-electron chi connectivity index (χ1n) is 7.60. The van der Waals surface area contributed by atoms with Crippen LogP contribution in [0, 0.1) is 5.92 Å². The van der Waals surface area contributed by atoms with E-state index in [0.717, 1.165) is 19.6 Å². The molecule has 2 saturated heterocycles. The summed E-state index contributed by atoms with van der Waals surface area (Å²) in [4.78, 5) is 2.19. The number of likely N-dealkylation sites (tertiary alicyclic amines) is 1. The van der Waals surface area contributed by atoms with Crippen molar-refractivity contribution in [1.29, 1.82) is 0 Å². The molecule has 2 heterocycles. The summed E-state index contributed by atoms with van der Waals surface area (Å²) in [5.41, 5.74) is -0.107. The third kappa shape index (κ3) is 2.94. The Morgan fingerprint density at radius 3 is 2.71 bits per heavy atom. The van der Waals surface area contributed by atoms with E-state index >= 15 is 0 Å². The zero-order valence-corrected chi connectivity index (χ0v) is 12.2. The Labute approximate surface area is 123 Å². The lowest BCUT2D eigenvalue weighted by Crippen LogP contribution is -2.40. The van der Waals surface area contributed by atoms with Crippen LogP contribution < -0.4 is 5.32 Å². The molecule has 3 atom stereocenters. The minimum absolute atomic E-state index is 0.199. The van der Waals surface area contributed by atoms with Gasteiger partial charge in [0.15, 0.2) is 0 Å². The second kappa shape index (κ2) is 5.61. The van der Waals surface area contributed by atoms with Gasteiger partial charge in [-0.1, -0.05) is 18.2 Å². The van der Waals surface area contributed by atoms with Crippen LogP contribution in [-0.2, 0) is 6.18 Å². The Bertz CT molecular complexity index is 487. The Morgan fingerprint density at radius 2 is 2.00 bits per heavy atom.